The third-order valence-corrected chi connectivity index (χ3v) is 1.43. The van der Waals surface area contributed by atoms with Crippen LogP contribution in [0.25, 0.3) is 11.5 Å². The highest BCUT2D eigenvalue weighted by Gasteiger charge is 2.06. The van der Waals surface area contributed by atoms with Gasteiger partial charge >= 0.3 is 6.08 Å². The maximum Gasteiger partial charge on any atom is 0.459 e. The maximum absolute atomic E-state index is 10.5. The molecule has 2 aromatic rings. The van der Waals surface area contributed by atoms with Crippen molar-refractivity contribution in [3.05, 3.63) is 30.3 Å². The van der Waals surface area contributed by atoms with Crippen molar-refractivity contribution in [3.8, 4) is 17.5 Å². The minimum atomic E-state index is -0.658. The van der Waals surface area contributed by atoms with Crippen LogP contribution in [0.3, 0.4) is 0 Å². The summed E-state index contributed by atoms with van der Waals surface area (Å²) in [7, 11) is 0. The monoisotopic (exact) mass is 161 g/mol. The van der Waals surface area contributed by atoms with Gasteiger partial charge in [0.15, 0.2) is 0 Å². The van der Waals surface area contributed by atoms with E-state index in [0.717, 1.165) is 5.56 Å². The molecule has 0 N–H and O–H groups in total. The van der Waals surface area contributed by atoms with Crippen molar-refractivity contribution in [3.63, 3.8) is 0 Å². The Kier molecular flexibility index (Phi) is 1.51. The zero-order chi connectivity index (χ0) is 8.39. The lowest BCUT2D eigenvalue weighted by molar-refractivity contribution is 0.239. The fourth-order valence-electron chi connectivity index (χ4n) is 0.907. The summed E-state index contributed by atoms with van der Waals surface area (Å²) in [5.41, 5.74) is 0.757. The second-order valence-electron chi connectivity index (χ2n) is 2.24. The molecular formula is C8H5N2O2. The van der Waals surface area contributed by atoms with Gasteiger partial charge in [0.25, 0.3) is 5.89 Å². The Bertz CT molecular complexity index is 370. The molecule has 1 radical (unpaired) electrons. The Labute approximate surface area is 68.5 Å². The summed E-state index contributed by atoms with van der Waals surface area (Å²) in [4.78, 5) is 0. The molecule has 0 atom stereocenters. The van der Waals surface area contributed by atoms with Crippen molar-refractivity contribution in [1.82, 2.24) is 10.2 Å². The fourth-order valence-corrected chi connectivity index (χ4v) is 0.907. The minimum Gasteiger partial charge on any atom is -0.386 e. The van der Waals surface area contributed by atoms with Crippen molar-refractivity contribution < 1.29 is 9.52 Å². The molecule has 1 aromatic carbocycles. The van der Waals surface area contributed by atoms with Gasteiger partial charge in [0.1, 0.15) is 0 Å². The molecular weight excluding hydrogens is 156 g/mol. The molecule has 0 aliphatic heterocycles. The third kappa shape index (κ3) is 1.14. The smallest absolute Gasteiger partial charge is 0.386 e. The van der Waals surface area contributed by atoms with Crippen LogP contribution in [-0.2, 0) is 5.11 Å². The number of aromatic nitrogens is 2. The topological polar surface area (TPSA) is 58.8 Å². The largest absolute Gasteiger partial charge is 0.459 e. The first-order chi connectivity index (χ1) is 5.86. The summed E-state index contributed by atoms with van der Waals surface area (Å²) in [6, 6.07) is 9.14. The van der Waals surface area contributed by atoms with Gasteiger partial charge in [0, 0.05) is 5.56 Å². The van der Waals surface area contributed by atoms with E-state index in [4.69, 9.17) is 4.42 Å². The van der Waals surface area contributed by atoms with E-state index in [1.165, 1.54) is 0 Å². The zero-order valence-electron chi connectivity index (χ0n) is 6.10. The molecule has 0 spiro atoms. The fraction of sp³-hybridized carbons (Fsp3) is 0. The molecule has 0 aliphatic carbocycles. The van der Waals surface area contributed by atoms with Gasteiger partial charge in [0.05, 0.1) is 0 Å². The highest BCUT2D eigenvalue weighted by atomic mass is 16.5. The average molecular weight is 161 g/mol. The SMILES string of the molecule is [O]c1nnc(-c2ccccc2)o1. The van der Waals surface area contributed by atoms with Crippen molar-refractivity contribution in [2.75, 3.05) is 0 Å². The van der Waals surface area contributed by atoms with E-state index >= 15 is 0 Å². The molecule has 0 unspecified atom stereocenters. The van der Waals surface area contributed by atoms with Crippen molar-refractivity contribution in [2.24, 2.45) is 0 Å². The first-order valence-electron chi connectivity index (χ1n) is 3.42. The van der Waals surface area contributed by atoms with Crippen LogP contribution in [0.2, 0.25) is 0 Å². The number of hydrogen-bond donors (Lipinski definition) is 0. The molecule has 59 valence electrons. The van der Waals surface area contributed by atoms with Crippen molar-refractivity contribution in [1.29, 1.82) is 0 Å². The summed E-state index contributed by atoms with van der Waals surface area (Å²) < 4.78 is 4.69. The number of benzene rings is 1. The van der Waals surface area contributed by atoms with E-state index in [9.17, 15) is 5.11 Å². The highest BCUT2D eigenvalue weighted by Crippen LogP contribution is 2.19. The minimum absolute atomic E-state index is 0.264. The second-order valence-corrected chi connectivity index (χ2v) is 2.24. The molecule has 0 amide bonds. The summed E-state index contributed by atoms with van der Waals surface area (Å²) in [6.07, 6.45) is -0.658. The first-order valence-corrected chi connectivity index (χ1v) is 3.42. The van der Waals surface area contributed by atoms with Crippen LogP contribution >= 0.6 is 0 Å². The van der Waals surface area contributed by atoms with Crippen LogP contribution in [0, 0.1) is 0 Å². The van der Waals surface area contributed by atoms with Gasteiger partial charge in [0.2, 0.25) is 0 Å². The van der Waals surface area contributed by atoms with Gasteiger partial charge in [-0.3, -0.25) is 0 Å². The van der Waals surface area contributed by atoms with Crippen LogP contribution in [0.5, 0.6) is 6.08 Å². The molecule has 0 bridgehead atoms. The molecule has 4 nitrogen and oxygen atoms in total. The molecule has 1 heterocycles. The standard InChI is InChI=1S/C8H5N2O2/c11-8-10-9-7(12-8)6-4-2-1-3-5-6/h1-5H. The number of nitrogens with zero attached hydrogens (tertiary/aromatic N) is 2. The van der Waals surface area contributed by atoms with E-state index < -0.39 is 6.08 Å². The van der Waals surface area contributed by atoms with Gasteiger partial charge in [-0.05, 0) is 12.1 Å². The lowest BCUT2D eigenvalue weighted by Gasteiger charge is -1.89. The molecule has 0 aliphatic rings. The Morgan fingerprint density at radius 3 is 2.42 bits per heavy atom. The average Bonchev–Trinajstić information content (AvgIpc) is 2.54. The Morgan fingerprint density at radius 1 is 1.08 bits per heavy atom. The Hall–Kier alpha value is -1.84. The third-order valence-electron chi connectivity index (χ3n) is 1.43. The van der Waals surface area contributed by atoms with Gasteiger partial charge in [-0.25, -0.2) is 5.11 Å². The van der Waals surface area contributed by atoms with Crippen molar-refractivity contribution >= 4 is 0 Å². The Balaban J connectivity index is 2.45. The van der Waals surface area contributed by atoms with Gasteiger partial charge in [-0.15, -0.1) is 5.10 Å². The van der Waals surface area contributed by atoms with E-state index in [2.05, 4.69) is 10.2 Å². The van der Waals surface area contributed by atoms with E-state index in [-0.39, 0.29) is 5.89 Å². The molecule has 2 rings (SSSR count). The highest BCUT2D eigenvalue weighted by molar-refractivity contribution is 5.51. The second kappa shape index (κ2) is 2.65. The zero-order valence-corrected chi connectivity index (χ0v) is 6.10. The predicted molar refractivity (Wildman–Crippen MR) is 39.9 cm³/mol. The van der Waals surface area contributed by atoms with E-state index in [1.54, 1.807) is 12.1 Å². The van der Waals surface area contributed by atoms with Crippen LogP contribution in [0.1, 0.15) is 0 Å². The summed E-state index contributed by atoms with van der Waals surface area (Å²) in [6.45, 7) is 0. The summed E-state index contributed by atoms with van der Waals surface area (Å²) >= 11 is 0. The van der Waals surface area contributed by atoms with E-state index in [0.29, 0.717) is 0 Å². The summed E-state index contributed by atoms with van der Waals surface area (Å²) in [5.74, 6) is 0.264. The molecule has 12 heavy (non-hydrogen) atoms. The van der Waals surface area contributed by atoms with Crippen LogP contribution < -0.4 is 0 Å². The molecule has 0 saturated heterocycles. The summed E-state index contributed by atoms with van der Waals surface area (Å²) in [5, 5.41) is 17.3. The lowest BCUT2D eigenvalue weighted by atomic mass is 10.2. The van der Waals surface area contributed by atoms with Crippen LogP contribution in [-0.4, -0.2) is 10.2 Å². The quantitative estimate of drug-likeness (QED) is 0.641. The normalized spacial score (nSPS) is 10.0. The van der Waals surface area contributed by atoms with Crippen LogP contribution in [0.15, 0.2) is 34.7 Å². The number of rotatable bonds is 1. The van der Waals surface area contributed by atoms with E-state index in [1.807, 2.05) is 18.2 Å². The van der Waals surface area contributed by atoms with Gasteiger partial charge in [-0.1, -0.05) is 23.3 Å². The van der Waals surface area contributed by atoms with Gasteiger partial charge in [-0.2, -0.15) is 0 Å². The molecule has 0 saturated carbocycles. The van der Waals surface area contributed by atoms with Crippen molar-refractivity contribution in [2.45, 2.75) is 0 Å². The maximum atomic E-state index is 10.5. The molecule has 1 aromatic heterocycles. The lowest BCUT2D eigenvalue weighted by Crippen LogP contribution is -1.75. The molecule has 4 heteroatoms. The number of hydrogen-bond acceptors (Lipinski definition) is 3. The Morgan fingerprint density at radius 2 is 1.83 bits per heavy atom. The first kappa shape index (κ1) is 6.84. The molecule has 0 fully saturated rings. The van der Waals surface area contributed by atoms with Crippen LogP contribution in [0.4, 0.5) is 0 Å². The van der Waals surface area contributed by atoms with Gasteiger partial charge < -0.3 is 4.42 Å². The predicted octanol–water partition coefficient (Wildman–Crippen LogP) is 1.88.